The molecule has 0 atom stereocenters. The van der Waals surface area contributed by atoms with Gasteiger partial charge in [0.05, 0.1) is 12.1 Å². The van der Waals surface area contributed by atoms with Crippen LogP contribution in [0.3, 0.4) is 0 Å². The van der Waals surface area contributed by atoms with Gasteiger partial charge in [-0.2, -0.15) is 0 Å². The minimum Gasteiger partial charge on any atom is -0.329 e. The Hall–Kier alpha value is -1.25. The van der Waals surface area contributed by atoms with Crippen molar-refractivity contribution in [3.63, 3.8) is 0 Å². The van der Waals surface area contributed by atoms with Crippen LogP contribution < -0.4 is 4.87 Å². The molecular formula is C10H7BrN4OS2. The highest BCUT2D eigenvalue weighted by Crippen LogP contribution is 2.17. The molecule has 0 unspecified atom stereocenters. The topological polar surface area (TPSA) is 66.5 Å². The van der Waals surface area contributed by atoms with Crippen molar-refractivity contribution in [2.75, 3.05) is 0 Å². The lowest BCUT2D eigenvalue weighted by Crippen LogP contribution is -2.03. The van der Waals surface area contributed by atoms with E-state index in [-0.39, 0.29) is 4.87 Å². The fraction of sp³-hybridized carbons (Fsp3) is 0.100. The number of nitrogens with one attached hydrogen (secondary N) is 2. The second-order valence-electron chi connectivity index (χ2n) is 3.71. The Labute approximate surface area is 119 Å². The van der Waals surface area contributed by atoms with Crippen LogP contribution in [-0.4, -0.2) is 19.5 Å². The van der Waals surface area contributed by atoms with E-state index in [4.69, 9.17) is 12.2 Å². The Morgan fingerprint density at radius 3 is 3.06 bits per heavy atom. The van der Waals surface area contributed by atoms with Gasteiger partial charge in [-0.1, -0.05) is 11.3 Å². The Morgan fingerprint density at radius 2 is 2.33 bits per heavy atom. The first kappa shape index (κ1) is 11.8. The van der Waals surface area contributed by atoms with Gasteiger partial charge in [0.15, 0.2) is 10.4 Å². The van der Waals surface area contributed by atoms with E-state index in [2.05, 4.69) is 30.9 Å². The van der Waals surface area contributed by atoms with Gasteiger partial charge in [-0.05, 0) is 34.2 Å². The Morgan fingerprint density at radius 1 is 1.50 bits per heavy atom. The molecule has 0 aliphatic carbocycles. The highest BCUT2D eigenvalue weighted by atomic mass is 79.9. The van der Waals surface area contributed by atoms with Gasteiger partial charge in [0, 0.05) is 21.7 Å². The first-order valence-electron chi connectivity index (χ1n) is 5.04. The van der Waals surface area contributed by atoms with E-state index >= 15 is 0 Å². The molecule has 0 radical (unpaired) electrons. The number of H-pyrrole nitrogens is 2. The van der Waals surface area contributed by atoms with E-state index in [0.29, 0.717) is 11.3 Å². The lowest BCUT2D eigenvalue weighted by atomic mass is 10.4. The number of thiazole rings is 1. The van der Waals surface area contributed by atoms with Crippen molar-refractivity contribution >= 4 is 50.6 Å². The van der Waals surface area contributed by atoms with E-state index < -0.39 is 0 Å². The predicted molar refractivity (Wildman–Crippen MR) is 76.7 cm³/mol. The van der Waals surface area contributed by atoms with Gasteiger partial charge in [0.2, 0.25) is 0 Å². The minimum atomic E-state index is -0.0629. The van der Waals surface area contributed by atoms with Crippen molar-refractivity contribution < 1.29 is 0 Å². The maximum atomic E-state index is 11.1. The maximum Gasteiger partial charge on any atom is 0.304 e. The van der Waals surface area contributed by atoms with Gasteiger partial charge in [0.1, 0.15) is 0 Å². The smallest absolute Gasteiger partial charge is 0.304 e. The minimum absolute atomic E-state index is 0.0629. The normalized spacial score (nSPS) is 11.2. The third-order valence-electron chi connectivity index (χ3n) is 2.48. The molecule has 3 aromatic heterocycles. The molecule has 92 valence electrons. The van der Waals surface area contributed by atoms with Crippen LogP contribution in [0.5, 0.6) is 0 Å². The molecule has 8 heteroatoms. The fourth-order valence-corrected chi connectivity index (χ4v) is 2.89. The highest BCUT2D eigenvalue weighted by Gasteiger charge is 2.07. The third-order valence-corrected chi connectivity index (χ3v) is 3.95. The van der Waals surface area contributed by atoms with Crippen molar-refractivity contribution in [3.8, 4) is 0 Å². The molecule has 0 amide bonds. The number of aromatic nitrogens is 4. The summed E-state index contributed by atoms with van der Waals surface area (Å²) in [6, 6.07) is 1.92. The summed E-state index contributed by atoms with van der Waals surface area (Å²) in [6.07, 6.45) is 1.72. The molecule has 3 rings (SSSR count). The molecule has 3 aromatic rings. The Balaban J connectivity index is 2.14. The van der Waals surface area contributed by atoms with E-state index in [1.165, 1.54) is 0 Å². The first-order valence-corrected chi connectivity index (χ1v) is 7.12. The van der Waals surface area contributed by atoms with Crippen LogP contribution in [0.1, 0.15) is 5.69 Å². The molecular weight excluding hydrogens is 336 g/mol. The van der Waals surface area contributed by atoms with Crippen LogP contribution in [0.4, 0.5) is 0 Å². The molecule has 0 aromatic carbocycles. The summed E-state index contributed by atoms with van der Waals surface area (Å²) >= 11 is 9.77. The van der Waals surface area contributed by atoms with E-state index in [1.807, 2.05) is 10.6 Å². The van der Waals surface area contributed by atoms with Crippen LogP contribution in [0.25, 0.3) is 11.2 Å². The summed E-state index contributed by atoms with van der Waals surface area (Å²) in [5.74, 6) is 0. The quantitative estimate of drug-likeness (QED) is 0.703. The van der Waals surface area contributed by atoms with Crippen molar-refractivity contribution in [2.45, 2.75) is 6.54 Å². The zero-order valence-corrected chi connectivity index (χ0v) is 12.2. The van der Waals surface area contributed by atoms with Crippen molar-refractivity contribution in [3.05, 3.63) is 42.2 Å². The molecule has 0 aliphatic rings. The van der Waals surface area contributed by atoms with E-state index in [9.17, 15) is 4.79 Å². The second-order valence-corrected chi connectivity index (χ2v) is 5.86. The number of halogens is 1. The number of imidazole rings is 1. The molecule has 3 heterocycles. The van der Waals surface area contributed by atoms with Crippen molar-refractivity contribution in [1.29, 1.82) is 0 Å². The van der Waals surface area contributed by atoms with Crippen LogP contribution in [0.15, 0.2) is 26.9 Å². The molecule has 2 N–H and O–H groups in total. The number of aromatic amines is 2. The van der Waals surface area contributed by atoms with Crippen LogP contribution in [0, 0.1) is 4.77 Å². The summed E-state index contributed by atoms with van der Waals surface area (Å²) in [5.41, 5.74) is 2.47. The molecule has 0 spiro atoms. The monoisotopic (exact) mass is 342 g/mol. The van der Waals surface area contributed by atoms with Crippen LogP contribution in [0.2, 0.25) is 0 Å². The molecule has 0 aliphatic heterocycles. The summed E-state index contributed by atoms with van der Waals surface area (Å²) < 4.78 is 3.33. The maximum absolute atomic E-state index is 11.1. The van der Waals surface area contributed by atoms with Gasteiger partial charge >= 0.3 is 4.87 Å². The number of fused-ring (bicyclic) bond motifs is 1. The molecule has 0 saturated heterocycles. The first-order chi connectivity index (χ1) is 8.63. The largest absolute Gasteiger partial charge is 0.329 e. The SMILES string of the molecule is O=c1[nH]c(Cn2c(=S)[nH]c3cc(Br)cnc32)cs1. The van der Waals surface area contributed by atoms with E-state index in [1.54, 1.807) is 11.6 Å². The number of hydrogen-bond acceptors (Lipinski definition) is 4. The summed E-state index contributed by atoms with van der Waals surface area (Å²) in [5, 5.41) is 1.79. The molecule has 0 fully saturated rings. The number of pyridine rings is 1. The van der Waals surface area contributed by atoms with Gasteiger partial charge in [-0.25, -0.2) is 4.98 Å². The lowest BCUT2D eigenvalue weighted by Gasteiger charge is -2.01. The predicted octanol–water partition coefficient (Wildman–Crippen LogP) is 2.65. The van der Waals surface area contributed by atoms with Gasteiger partial charge < -0.3 is 9.97 Å². The lowest BCUT2D eigenvalue weighted by molar-refractivity contribution is 0.780. The van der Waals surface area contributed by atoms with Gasteiger partial charge in [0.25, 0.3) is 0 Å². The van der Waals surface area contributed by atoms with Crippen molar-refractivity contribution in [2.24, 2.45) is 0 Å². The average Bonchev–Trinajstić information content (AvgIpc) is 2.84. The highest BCUT2D eigenvalue weighted by molar-refractivity contribution is 9.10. The molecule has 0 saturated carbocycles. The summed E-state index contributed by atoms with van der Waals surface area (Å²) in [7, 11) is 0. The van der Waals surface area contributed by atoms with Crippen LogP contribution >= 0.6 is 39.5 Å². The third kappa shape index (κ3) is 2.06. The van der Waals surface area contributed by atoms with Crippen LogP contribution in [-0.2, 0) is 6.54 Å². The second kappa shape index (κ2) is 4.45. The Bertz CT molecular complexity index is 828. The average molecular weight is 343 g/mol. The van der Waals surface area contributed by atoms with Gasteiger partial charge in [-0.3, -0.25) is 9.36 Å². The number of hydrogen-bond donors (Lipinski definition) is 2. The van der Waals surface area contributed by atoms with Gasteiger partial charge in [-0.15, -0.1) is 0 Å². The molecule has 5 nitrogen and oxygen atoms in total. The van der Waals surface area contributed by atoms with Crippen molar-refractivity contribution in [1.82, 2.24) is 19.5 Å². The van der Waals surface area contributed by atoms with E-state index in [0.717, 1.165) is 32.7 Å². The zero-order chi connectivity index (χ0) is 12.7. The summed E-state index contributed by atoms with van der Waals surface area (Å²) in [4.78, 5) is 21.2. The zero-order valence-electron chi connectivity index (χ0n) is 8.94. The fourth-order valence-electron chi connectivity index (χ4n) is 1.73. The molecule has 18 heavy (non-hydrogen) atoms. The summed E-state index contributed by atoms with van der Waals surface area (Å²) in [6.45, 7) is 0.506. The number of rotatable bonds is 2. The molecule has 0 bridgehead atoms. The standard InChI is InChI=1S/C10H7BrN4OS2/c11-5-1-7-8(12-2-5)15(9(17)14-7)3-6-4-18-10(16)13-6/h1-2,4H,3H2,(H,13,16)(H,14,17). The Kier molecular flexibility index (Phi) is 2.92. The number of nitrogens with zero attached hydrogens (tertiary/aromatic N) is 2.